The van der Waals surface area contributed by atoms with Crippen molar-refractivity contribution >= 4 is 0 Å². The molecule has 1 aromatic heterocycles. The zero-order chi connectivity index (χ0) is 12.3. The van der Waals surface area contributed by atoms with Gasteiger partial charge in [-0.3, -0.25) is 4.90 Å². The summed E-state index contributed by atoms with van der Waals surface area (Å²) in [6.07, 6.45) is 4.01. The van der Waals surface area contributed by atoms with Crippen LogP contribution in [0.1, 0.15) is 50.9 Å². The van der Waals surface area contributed by atoms with Gasteiger partial charge in [0.05, 0.1) is 19.1 Å². The standard InChI is InChI=1S/C12H21N3O2/c1-9(2)15-7-4-3-5-10(15)12-13-11(6-8-16)17-14-12/h9-10,16H,3-8H2,1-2H3. The molecule has 1 N–H and O–H groups in total. The van der Waals surface area contributed by atoms with Crippen molar-refractivity contribution in [1.29, 1.82) is 0 Å². The molecule has 17 heavy (non-hydrogen) atoms. The maximum Gasteiger partial charge on any atom is 0.229 e. The number of hydrogen-bond acceptors (Lipinski definition) is 5. The Kier molecular flexibility index (Phi) is 4.12. The Morgan fingerprint density at radius 2 is 2.29 bits per heavy atom. The molecule has 0 spiro atoms. The van der Waals surface area contributed by atoms with Gasteiger partial charge in [-0.25, -0.2) is 0 Å². The summed E-state index contributed by atoms with van der Waals surface area (Å²) >= 11 is 0. The van der Waals surface area contributed by atoms with E-state index in [1.165, 1.54) is 12.8 Å². The third kappa shape index (κ3) is 2.84. The maximum atomic E-state index is 8.84. The number of rotatable bonds is 4. The Morgan fingerprint density at radius 1 is 1.47 bits per heavy atom. The minimum atomic E-state index is 0.0557. The molecule has 2 rings (SSSR count). The predicted molar refractivity (Wildman–Crippen MR) is 63.5 cm³/mol. The van der Waals surface area contributed by atoms with Gasteiger partial charge in [0.15, 0.2) is 5.82 Å². The first-order valence-electron chi connectivity index (χ1n) is 6.41. The van der Waals surface area contributed by atoms with Gasteiger partial charge < -0.3 is 9.63 Å². The van der Waals surface area contributed by atoms with Gasteiger partial charge in [0.2, 0.25) is 5.89 Å². The van der Waals surface area contributed by atoms with Crippen LogP contribution in [-0.4, -0.2) is 39.3 Å². The van der Waals surface area contributed by atoms with Crippen molar-refractivity contribution in [1.82, 2.24) is 15.0 Å². The molecule has 0 radical (unpaired) electrons. The number of likely N-dealkylation sites (tertiary alicyclic amines) is 1. The quantitative estimate of drug-likeness (QED) is 0.863. The molecule has 2 heterocycles. The highest BCUT2D eigenvalue weighted by molar-refractivity contribution is 4.97. The second-order valence-corrected chi connectivity index (χ2v) is 4.86. The van der Waals surface area contributed by atoms with Crippen molar-refractivity contribution in [3.63, 3.8) is 0 Å². The molecule has 1 atom stereocenters. The third-order valence-electron chi connectivity index (χ3n) is 3.32. The number of hydrogen-bond donors (Lipinski definition) is 1. The molecular formula is C12H21N3O2. The summed E-state index contributed by atoms with van der Waals surface area (Å²) in [7, 11) is 0. The average molecular weight is 239 g/mol. The highest BCUT2D eigenvalue weighted by Crippen LogP contribution is 2.30. The van der Waals surface area contributed by atoms with E-state index >= 15 is 0 Å². The molecule has 5 nitrogen and oxygen atoms in total. The minimum Gasteiger partial charge on any atom is -0.396 e. The number of piperidine rings is 1. The molecule has 0 saturated carbocycles. The normalized spacial score (nSPS) is 22.2. The molecule has 0 amide bonds. The largest absolute Gasteiger partial charge is 0.396 e. The van der Waals surface area contributed by atoms with Crippen molar-refractivity contribution in [2.75, 3.05) is 13.2 Å². The summed E-state index contributed by atoms with van der Waals surface area (Å²) in [5.74, 6) is 1.32. The summed E-state index contributed by atoms with van der Waals surface area (Å²) in [5, 5.41) is 12.9. The first-order valence-corrected chi connectivity index (χ1v) is 6.41. The predicted octanol–water partition coefficient (Wildman–Crippen LogP) is 1.54. The smallest absolute Gasteiger partial charge is 0.229 e. The Balaban J connectivity index is 2.11. The highest BCUT2D eigenvalue weighted by Gasteiger charge is 2.29. The van der Waals surface area contributed by atoms with Crippen LogP contribution >= 0.6 is 0 Å². The lowest BCUT2D eigenvalue weighted by atomic mass is 10.00. The van der Waals surface area contributed by atoms with Crippen LogP contribution in [0.2, 0.25) is 0 Å². The molecule has 0 aromatic carbocycles. The van der Waals surface area contributed by atoms with Crippen molar-refractivity contribution in [3.8, 4) is 0 Å². The van der Waals surface area contributed by atoms with Crippen LogP contribution in [0, 0.1) is 0 Å². The van der Waals surface area contributed by atoms with Gasteiger partial charge >= 0.3 is 0 Å². The topological polar surface area (TPSA) is 62.4 Å². The van der Waals surface area contributed by atoms with Crippen molar-refractivity contribution < 1.29 is 9.63 Å². The van der Waals surface area contributed by atoms with Gasteiger partial charge in [0.25, 0.3) is 0 Å². The van der Waals surface area contributed by atoms with E-state index in [4.69, 9.17) is 9.63 Å². The summed E-state index contributed by atoms with van der Waals surface area (Å²) < 4.78 is 5.14. The van der Waals surface area contributed by atoms with Crippen LogP contribution < -0.4 is 0 Å². The first kappa shape index (κ1) is 12.5. The van der Waals surface area contributed by atoms with Crippen LogP contribution in [-0.2, 0) is 6.42 Å². The Bertz CT molecular complexity index is 351. The summed E-state index contributed by atoms with van der Waals surface area (Å²) in [4.78, 5) is 6.80. The van der Waals surface area contributed by atoms with Crippen LogP contribution in [0.15, 0.2) is 4.52 Å². The van der Waals surface area contributed by atoms with Crippen LogP contribution in [0.3, 0.4) is 0 Å². The molecule has 5 heteroatoms. The van der Waals surface area contributed by atoms with E-state index in [2.05, 4.69) is 28.9 Å². The van der Waals surface area contributed by atoms with Gasteiger partial charge in [-0.1, -0.05) is 11.6 Å². The number of nitrogens with zero attached hydrogens (tertiary/aromatic N) is 3. The molecule has 1 unspecified atom stereocenters. The molecule has 1 fully saturated rings. The average Bonchev–Trinajstić information content (AvgIpc) is 2.78. The van der Waals surface area contributed by atoms with E-state index in [9.17, 15) is 0 Å². The maximum absolute atomic E-state index is 8.84. The number of aliphatic hydroxyl groups excluding tert-OH is 1. The summed E-state index contributed by atoms with van der Waals surface area (Å²) in [5.41, 5.74) is 0. The van der Waals surface area contributed by atoms with Crippen molar-refractivity contribution in [2.45, 2.75) is 51.6 Å². The van der Waals surface area contributed by atoms with Gasteiger partial charge in [0.1, 0.15) is 0 Å². The first-order chi connectivity index (χ1) is 8.22. The number of aromatic nitrogens is 2. The molecule has 0 bridgehead atoms. The van der Waals surface area contributed by atoms with E-state index < -0.39 is 0 Å². The molecule has 96 valence electrons. The van der Waals surface area contributed by atoms with E-state index in [-0.39, 0.29) is 12.6 Å². The summed E-state index contributed by atoms with van der Waals surface area (Å²) in [6, 6.07) is 0.778. The zero-order valence-corrected chi connectivity index (χ0v) is 10.6. The van der Waals surface area contributed by atoms with Gasteiger partial charge in [-0.15, -0.1) is 0 Å². The van der Waals surface area contributed by atoms with Crippen LogP contribution in [0.25, 0.3) is 0 Å². The third-order valence-corrected chi connectivity index (χ3v) is 3.32. The van der Waals surface area contributed by atoms with E-state index in [1.54, 1.807) is 0 Å². The molecule has 1 aliphatic heterocycles. The van der Waals surface area contributed by atoms with Crippen LogP contribution in [0.5, 0.6) is 0 Å². The molecular weight excluding hydrogens is 218 g/mol. The minimum absolute atomic E-state index is 0.0557. The van der Waals surface area contributed by atoms with Crippen molar-refractivity contribution in [3.05, 3.63) is 11.7 Å². The monoisotopic (exact) mass is 239 g/mol. The molecule has 1 aromatic rings. The molecule has 1 saturated heterocycles. The molecule has 0 aliphatic carbocycles. The van der Waals surface area contributed by atoms with Gasteiger partial charge in [-0.05, 0) is 33.2 Å². The second kappa shape index (κ2) is 5.60. The van der Waals surface area contributed by atoms with Gasteiger partial charge in [-0.2, -0.15) is 4.98 Å². The zero-order valence-electron chi connectivity index (χ0n) is 10.6. The van der Waals surface area contributed by atoms with Gasteiger partial charge in [0, 0.05) is 6.04 Å². The van der Waals surface area contributed by atoms with E-state index in [0.717, 1.165) is 18.8 Å². The Hall–Kier alpha value is -0.940. The lowest BCUT2D eigenvalue weighted by molar-refractivity contribution is 0.104. The fourth-order valence-electron chi connectivity index (χ4n) is 2.45. The van der Waals surface area contributed by atoms with E-state index in [0.29, 0.717) is 18.4 Å². The lowest BCUT2D eigenvalue weighted by Gasteiger charge is -2.36. The van der Waals surface area contributed by atoms with E-state index in [1.807, 2.05) is 0 Å². The Morgan fingerprint density at radius 3 is 3.00 bits per heavy atom. The van der Waals surface area contributed by atoms with Crippen LogP contribution in [0.4, 0.5) is 0 Å². The second-order valence-electron chi connectivity index (χ2n) is 4.86. The number of aliphatic hydroxyl groups is 1. The highest BCUT2D eigenvalue weighted by atomic mass is 16.5. The SMILES string of the molecule is CC(C)N1CCCCC1c1noc(CCO)n1. The molecule has 1 aliphatic rings. The fraction of sp³-hybridized carbons (Fsp3) is 0.833. The lowest BCUT2D eigenvalue weighted by Crippen LogP contribution is -2.38. The van der Waals surface area contributed by atoms with Crippen molar-refractivity contribution in [2.24, 2.45) is 0 Å². The Labute approximate surface area is 102 Å². The summed E-state index contributed by atoms with van der Waals surface area (Å²) in [6.45, 7) is 5.56. The fourth-order valence-corrected chi connectivity index (χ4v) is 2.45.